The third-order valence-electron chi connectivity index (χ3n) is 4.31. The fourth-order valence-corrected chi connectivity index (χ4v) is 2.84. The summed E-state index contributed by atoms with van der Waals surface area (Å²) < 4.78 is 5.63. The van der Waals surface area contributed by atoms with E-state index in [1.54, 1.807) is 0 Å². The van der Waals surface area contributed by atoms with Gasteiger partial charge in [0.1, 0.15) is 0 Å². The summed E-state index contributed by atoms with van der Waals surface area (Å²) in [6.07, 6.45) is 4.49. The quantitative estimate of drug-likeness (QED) is 0.740. The standard InChI is InChI=1S/C18H28N2O2.ClH/c1-19-17-9-12-20(13-10-17)18(21)8-5-14-22-15-11-16-6-3-2-4-7-16;/h2-4,6-7,17,19H,5,8-15H2,1H3;1H. The van der Waals surface area contributed by atoms with Gasteiger partial charge in [-0.2, -0.15) is 0 Å². The highest BCUT2D eigenvalue weighted by Gasteiger charge is 2.20. The Morgan fingerprint density at radius 1 is 1.22 bits per heavy atom. The number of rotatable bonds is 8. The van der Waals surface area contributed by atoms with Crippen LogP contribution in [-0.2, 0) is 16.0 Å². The third-order valence-corrected chi connectivity index (χ3v) is 4.31. The summed E-state index contributed by atoms with van der Waals surface area (Å²) in [6.45, 7) is 3.18. The number of hydrogen-bond acceptors (Lipinski definition) is 3. The summed E-state index contributed by atoms with van der Waals surface area (Å²) in [5, 5.41) is 3.29. The number of benzene rings is 1. The minimum Gasteiger partial charge on any atom is -0.381 e. The number of nitrogens with zero attached hydrogens (tertiary/aromatic N) is 1. The zero-order valence-corrected chi connectivity index (χ0v) is 14.8. The van der Waals surface area contributed by atoms with Crippen LogP contribution in [0.25, 0.3) is 0 Å². The minimum atomic E-state index is 0. The number of likely N-dealkylation sites (tertiary alicyclic amines) is 1. The molecule has 130 valence electrons. The summed E-state index contributed by atoms with van der Waals surface area (Å²) in [4.78, 5) is 14.1. The van der Waals surface area contributed by atoms with E-state index >= 15 is 0 Å². The summed E-state index contributed by atoms with van der Waals surface area (Å²) in [6, 6.07) is 10.9. The van der Waals surface area contributed by atoms with Gasteiger partial charge >= 0.3 is 0 Å². The lowest BCUT2D eigenvalue weighted by molar-refractivity contribution is -0.132. The van der Waals surface area contributed by atoms with Crippen molar-refractivity contribution < 1.29 is 9.53 Å². The lowest BCUT2D eigenvalue weighted by Crippen LogP contribution is -2.43. The molecule has 23 heavy (non-hydrogen) atoms. The maximum atomic E-state index is 12.1. The predicted octanol–water partition coefficient (Wildman–Crippen LogP) is 2.66. The van der Waals surface area contributed by atoms with Crippen LogP contribution in [0.15, 0.2) is 30.3 Å². The molecule has 0 spiro atoms. The fraction of sp³-hybridized carbons (Fsp3) is 0.611. The zero-order chi connectivity index (χ0) is 15.6. The van der Waals surface area contributed by atoms with E-state index in [1.807, 2.05) is 30.1 Å². The Morgan fingerprint density at radius 2 is 1.91 bits per heavy atom. The number of ether oxygens (including phenoxy) is 1. The molecule has 0 bridgehead atoms. The third kappa shape index (κ3) is 7.34. The van der Waals surface area contributed by atoms with Gasteiger partial charge in [0, 0.05) is 32.2 Å². The second-order valence-corrected chi connectivity index (χ2v) is 5.90. The number of halogens is 1. The zero-order valence-electron chi connectivity index (χ0n) is 14.0. The molecule has 4 nitrogen and oxygen atoms in total. The lowest BCUT2D eigenvalue weighted by Gasteiger charge is -2.31. The fourth-order valence-electron chi connectivity index (χ4n) is 2.84. The number of nitrogens with one attached hydrogen (secondary N) is 1. The summed E-state index contributed by atoms with van der Waals surface area (Å²) in [5.74, 6) is 0.279. The molecule has 1 fully saturated rings. The smallest absolute Gasteiger partial charge is 0.222 e. The average molecular weight is 341 g/mol. The van der Waals surface area contributed by atoms with Crippen molar-refractivity contribution in [1.29, 1.82) is 0 Å². The van der Waals surface area contributed by atoms with Crippen LogP contribution in [0.1, 0.15) is 31.2 Å². The Balaban J connectivity index is 0.00000264. The summed E-state index contributed by atoms with van der Waals surface area (Å²) >= 11 is 0. The van der Waals surface area contributed by atoms with Gasteiger partial charge in [0.05, 0.1) is 6.61 Å². The van der Waals surface area contributed by atoms with Gasteiger partial charge in [-0.05, 0) is 38.3 Å². The summed E-state index contributed by atoms with van der Waals surface area (Å²) in [5.41, 5.74) is 1.30. The van der Waals surface area contributed by atoms with Crippen LogP contribution in [0.3, 0.4) is 0 Å². The SMILES string of the molecule is CNC1CCN(C(=O)CCCOCCc2ccccc2)CC1.Cl. The molecule has 1 amide bonds. The first kappa shape index (κ1) is 19.9. The van der Waals surface area contributed by atoms with Crippen molar-refractivity contribution in [3.63, 3.8) is 0 Å². The van der Waals surface area contributed by atoms with Gasteiger partial charge < -0.3 is 15.0 Å². The predicted molar refractivity (Wildman–Crippen MR) is 96.1 cm³/mol. The van der Waals surface area contributed by atoms with Crippen molar-refractivity contribution in [2.45, 2.75) is 38.1 Å². The van der Waals surface area contributed by atoms with Gasteiger partial charge in [-0.25, -0.2) is 0 Å². The Hall–Kier alpha value is -1.10. The topological polar surface area (TPSA) is 41.6 Å². The van der Waals surface area contributed by atoms with Crippen molar-refractivity contribution in [2.75, 3.05) is 33.4 Å². The van der Waals surface area contributed by atoms with Crippen molar-refractivity contribution >= 4 is 18.3 Å². The molecule has 1 aromatic rings. The van der Waals surface area contributed by atoms with Crippen LogP contribution >= 0.6 is 12.4 Å². The molecule has 1 heterocycles. The molecule has 2 rings (SSSR count). The maximum absolute atomic E-state index is 12.1. The number of carbonyl (C=O) groups excluding carboxylic acids is 1. The molecule has 0 unspecified atom stereocenters. The molecule has 0 aliphatic carbocycles. The van der Waals surface area contributed by atoms with E-state index in [9.17, 15) is 4.79 Å². The van der Waals surface area contributed by atoms with E-state index in [0.717, 1.165) is 45.4 Å². The van der Waals surface area contributed by atoms with Gasteiger partial charge in [0.15, 0.2) is 0 Å². The van der Waals surface area contributed by atoms with Gasteiger partial charge in [0.2, 0.25) is 5.91 Å². The van der Waals surface area contributed by atoms with Gasteiger partial charge in [0.25, 0.3) is 0 Å². The van der Waals surface area contributed by atoms with Gasteiger partial charge in [-0.15, -0.1) is 12.4 Å². The Morgan fingerprint density at radius 3 is 2.57 bits per heavy atom. The Labute approximate surface area is 146 Å². The van der Waals surface area contributed by atoms with Crippen LogP contribution in [-0.4, -0.2) is 50.2 Å². The number of piperidine rings is 1. The molecule has 1 aliphatic heterocycles. The molecule has 0 radical (unpaired) electrons. The number of carbonyl (C=O) groups is 1. The largest absolute Gasteiger partial charge is 0.381 e. The molecule has 1 saturated heterocycles. The number of hydrogen-bond donors (Lipinski definition) is 1. The Bertz CT molecular complexity index is 434. The monoisotopic (exact) mass is 340 g/mol. The normalized spacial score (nSPS) is 15.3. The lowest BCUT2D eigenvalue weighted by atomic mass is 10.0. The molecular weight excluding hydrogens is 312 g/mol. The van der Waals surface area contributed by atoms with Crippen molar-refractivity contribution in [1.82, 2.24) is 10.2 Å². The highest BCUT2D eigenvalue weighted by atomic mass is 35.5. The summed E-state index contributed by atoms with van der Waals surface area (Å²) in [7, 11) is 1.99. The van der Waals surface area contributed by atoms with Gasteiger partial charge in [-0.3, -0.25) is 4.79 Å². The van der Waals surface area contributed by atoms with E-state index in [-0.39, 0.29) is 18.3 Å². The van der Waals surface area contributed by atoms with Gasteiger partial charge in [-0.1, -0.05) is 30.3 Å². The van der Waals surface area contributed by atoms with E-state index in [2.05, 4.69) is 17.4 Å². The first-order valence-corrected chi connectivity index (χ1v) is 8.36. The van der Waals surface area contributed by atoms with Crippen LogP contribution in [0, 0.1) is 0 Å². The van der Waals surface area contributed by atoms with Crippen LogP contribution in [0.4, 0.5) is 0 Å². The van der Waals surface area contributed by atoms with Crippen molar-refractivity contribution in [3.8, 4) is 0 Å². The molecule has 1 aromatic carbocycles. The highest BCUT2D eigenvalue weighted by Crippen LogP contribution is 2.11. The second kappa shape index (κ2) is 11.4. The molecule has 0 saturated carbocycles. The minimum absolute atomic E-state index is 0. The molecule has 0 atom stereocenters. The molecule has 1 aliphatic rings. The van der Waals surface area contributed by atoms with E-state index in [1.165, 1.54) is 5.56 Å². The highest BCUT2D eigenvalue weighted by molar-refractivity contribution is 5.85. The van der Waals surface area contributed by atoms with Crippen molar-refractivity contribution in [3.05, 3.63) is 35.9 Å². The maximum Gasteiger partial charge on any atom is 0.222 e. The van der Waals surface area contributed by atoms with E-state index in [4.69, 9.17) is 4.74 Å². The van der Waals surface area contributed by atoms with Crippen molar-refractivity contribution in [2.24, 2.45) is 0 Å². The average Bonchev–Trinajstić information content (AvgIpc) is 2.58. The molecule has 1 N–H and O–H groups in total. The Kier molecular flexibility index (Phi) is 9.92. The molecular formula is C18H29ClN2O2. The van der Waals surface area contributed by atoms with E-state index < -0.39 is 0 Å². The van der Waals surface area contributed by atoms with Crippen LogP contribution < -0.4 is 5.32 Å². The van der Waals surface area contributed by atoms with Crippen LogP contribution in [0.5, 0.6) is 0 Å². The number of amides is 1. The molecule has 5 heteroatoms. The first-order chi connectivity index (χ1) is 10.8. The second-order valence-electron chi connectivity index (χ2n) is 5.90. The van der Waals surface area contributed by atoms with Crippen LogP contribution in [0.2, 0.25) is 0 Å². The molecule has 0 aromatic heterocycles. The van der Waals surface area contributed by atoms with E-state index in [0.29, 0.717) is 19.1 Å². The first-order valence-electron chi connectivity index (χ1n) is 8.36.